The molecule has 1 atom stereocenters. The van der Waals surface area contributed by atoms with Crippen molar-refractivity contribution in [3.05, 3.63) is 71.3 Å². The van der Waals surface area contributed by atoms with Crippen LogP contribution in [0.15, 0.2) is 54.6 Å². The largest absolute Gasteiger partial charge is 0.332 e. The number of allylic oxidation sites excluding steroid dienone is 1. The number of nitrogens with zero attached hydrogens (tertiary/aromatic N) is 1. The van der Waals surface area contributed by atoms with Crippen LogP contribution in [0.4, 0.5) is 0 Å². The van der Waals surface area contributed by atoms with Crippen molar-refractivity contribution in [1.82, 2.24) is 4.90 Å². The normalized spacial score (nSPS) is 22.3. The van der Waals surface area contributed by atoms with Crippen molar-refractivity contribution in [3.63, 3.8) is 0 Å². The first kappa shape index (κ1) is 13.3. The van der Waals surface area contributed by atoms with Crippen LogP contribution in [-0.4, -0.2) is 23.4 Å². The highest BCUT2D eigenvalue weighted by atomic mass is 16.2. The van der Waals surface area contributed by atoms with Gasteiger partial charge in [-0.25, -0.2) is 0 Å². The molecule has 0 radical (unpaired) electrons. The molecule has 1 fully saturated rings. The van der Waals surface area contributed by atoms with Crippen molar-refractivity contribution in [2.75, 3.05) is 6.54 Å². The van der Waals surface area contributed by atoms with Gasteiger partial charge in [0.25, 0.3) is 5.91 Å². The third-order valence-electron chi connectivity index (χ3n) is 4.91. The minimum atomic E-state index is 0.197. The third-order valence-corrected chi connectivity index (χ3v) is 4.91. The fraction of sp³-hybridized carbons (Fsp3) is 0.250. The second-order valence-corrected chi connectivity index (χ2v) is 6.11. The first-order chi connectivity index (χ1) is 10.8. The van der Waals surface area contributed by atoms with Crippen LogP contribution in [0.1, 0.15) is 41.3 Å². The van der Waals surface area contributed by atoms with Crippen LogP contribution in [0.5, 0.6) is 0 Å². The van der Waals surface area contributed by atoms with Crippen LogP contribution in [0.2, 0.25) is 0 Å². The van der Waals surface area contributed by atoms with Crippen molar-refractivity contribution in [3.8, 4) is 0 Å². The highest BCUT2D eigenvalue weighted by Gasteiger charge is 2.39. The average molecular weight is 289 g/mol. The van der Waals surface area contributed by atoms with E-state index in [1.54, 1.807) is 0 Å². The molecule has 2 aromatic rings. The van der Waals surface area contributed by atoms with E-state index in [0.29, 0.717) is 0 Å². The number of benzene rings is 2. The number of rotatable bonds is 1. The summed E-state index contributed by atoms with van der Waals surface area (Å²) in [5, 5.41) is 0. The second kappa shape index (κ2) is 5.13. The van der Waals surface area contributed by atoms with Gasteiger partial charge in [-0.1, -0.05) is 48.5 Å². The molecule has 0 bridgehead atoms. The lowest BCUT2D eigenvalue weighted by molar-refractivity contribution is 0.0756. The Hall–Kier alpha value is -2.35. The lowest BCUT2D eigenvalue weighted by atomic mass is 9.84. The van der Waals surface area contributed by atoms with Gasteiger partial charge in [-0.15, -0.1) is 0 Å². The molecule has 0 aromatic heterocycles. The van der Waals surface area contributed by atoms with Gasteiger partial charge in [0, 0.05) is 12.1 Å². The molecule has 2 nitrogen and oxygen atoms in total. The summed E-state index contributed by atoms with van der Waals surface area (Å²) in [4.78, 5) is 14.8. The fourth-order valence-corrected chi connectivity index (χ4v) is 3.84. The number of amides is 1. The minimum Gasteiger partial charge on any atom is -0.332 e. The van der Waals surface area contributed by atoms with E-state index in [9.17, 15) is 4.79 Å². The van der Waals surface area contributed by atoms with Gasteiger partial charge >= 0.3 is 0 Å². The molecular formula is C20H19NO. The van der Waals surface area contributed by atoms with Gasteiger partial charge in [0.15, 0.2) is 0 Å². The predicted octanol–water partition coefficient (Wildman–Crippen LogP) is 4.24. The van der Waals surface area contributed by atoms with Crippen molar-refractivity contribution < 1.29 is 4.79 Å². The Kier molecular flexibility index (Phi) is 3.11. The molecule has 4 rings (SSSR count). The number of carbonyl (C=O) groups is 1. The molecule has 0 saturated carbocycles. The molecule has 110 valence electrons. The van der Waals surface area contributed by atoms with E-state index < -0.39 is 0 Å². The minimum absolute atomic E-state index is 0.197. The van der Waals surface area contributed by atoms with E-state index in [2.05, 4.69) is 42.2 Å². The molecule has 0 aliphatic carbocycles. The third kappa shape index (κ3) is 1.91. The van der Waals surface area contributed by atoms with Crippen molar-refractivity contribution >= 4 is 17.1 Å². The zero-order chi connectivity index (χ0) is 15.1. The molecule has 2 aliphatic heterocycles. The smallest absolute Gasteiger partial charge is 0.254 e. The van der Waals surface area contributed by atoms with Crippen molar-refractivity contribution in [2.24, 2.45) is 0 Å². The summed E-state index contributed by atoms with van der Waals surface area (Å²) in [5.41, 5.74) is 5.84. The summed E-state index contributed by atoms with van der Waals surface area (Å²) in [7, 11) is 0. The molecule has 2 heterocycles. The van der Waals surface area contributed by atoms with Gasteiger partial charge in [-0.05, 0) is 48.1 Å². The van der Waals surface area contributed by atoms with Crippen LogP contribution in [0.3, 0.4) is 0 Å². The fourth-order valence-electron chi connectivity index (χ4n) is 3.84. The Morgan fingerprint density at radius 2 is 1.68 bits per heavy atom. The molecule has 0 spiro atoms. The first-order valence-corrected chi connectivity index (χ1v) is 7.94. The first-order valence-electron chi connectivity index (χ1n) is 7.94. The van der Waals surface area contributed by atoms with E-state index in [1.165, 1.54) is 16.7 Å². The highest BCUT2D eigenvalue weighted by Crippen LogP contribution is 2.41. The summed E-state index contributed by atoms with van der Waals surface area (Å²) in [6.07, 6.45) is 2.16. The zero-order valence-electron chi connectivity index (χ0n) is 12.8. The second-order valence-electron chi connectivity index (χ2n) is 6.11. The van der Waals surface area contributed by atoms with E-state index in [1.807, 2.05) is 24.3 Å². The molecule has 1 saturated heterocycles. The quantitative estimate of drug-likeness (QED) is 0.769. The number of hydrogen-bond acceptors (Lipinski definition) is 1. The number of fused-ring (bicyclic) bond motifs is 2. The number of carbonyl (C=O) groups excluding carboxylic acids is 1. The van der Waals surface area contributed by atoms with E-state index in [4.69, 9.17) is 0 Å². The summed E-state index contributed by atoms with van der Waals surface area (Å²) in [6.45, 7) is 3.07. The molecule has 0 N–H and O–H groups in total. The highest BCUT2D eigenvalue weighted by molar-refractivity contribution is 6.08. The molecule has 22 heavy (non-hydrogen) atoms. The van der Waals surface area contributed by atoms with Crippen LogP contribution in [0.25, 0.3) is 11.1 Å². The maximum atomic E-state index is 12.7. The predicted molar refractivity (Wildman–Crippen MR) is 89.4 cm³/mol. The zero-order valence-corrected chi connectivity index (χ0v) is 12.8. The molecular weight excluding hydrogens is 270 g/mol. The van der Waals surface area contributed by atoms with Crippen LogP contribution in [0, 0.1) is 0 Å². The van der Waals surface area contributed by atoms with E-state index in [0.717, 1.165) is 30.5 Å². The SMILES string of the molecule is C/C(=C1\c2ccccc2C(=O)N2CCCC12)c1ccccc1. The maximum absolute atomic E-state index is 12.7. The Morgan fingerprint density at radius 3 is 2.45 bits per heavy atom. The lowest BCUT2D eigenvalue weighted by Gasteiger charge is -2.35. The van der Waals surface area contributed by atoms with Crippen LogP contribution >= 0.6 is 0 Å². The molecule has 1 amide bonds. The maximum Gasteiger partial charge on any atom is 0.254 e. The van der Waals surface area contributed by atoms with Crippen LogP contribution < -0.4 is 0 Å². The Labute approximate surface area is 131 Å². The Balaban J connectivity index is 1.97. The molecule has 2 heteroatoms. The monoisotopic (exact) mass is 289 g/mol. The van der Waals surface area contributed by atoms with E-state index in [-0.39, 0.29) is 11.9 Å². The lowest BCUT2D eigenvalue weighted by Crippen LogP contribution is -2.40. The molecule has 2 aliphatic rings. The van der Waals surface area contributed by atoms with Gasteiger partial charge in [0.05, 0.1) is 6.04 Å². The summed E-state index contributed by atoms with van der Waals surface area (Å²) < 4.78 is 0. The molecule has 1 unspecified atom stereocenters. The van der Waals surface area contributed by atoms with Gasteiger partial charge in [0.1, 0.15) is 0 Å². The average Bonchev–Trinajstić information content (AvgIpc) is 3.05. The Bertz CT molecular complexity index is 760. The topological polar surface area (TPSA) is 20.3 Å². The van der Waals surface area contributed by atoms with E-state index >= 15 is 0 Å². The molecule has 2 aromatic carbocycles. The van der Waals surface area contributed by atoms with Gasteiger partial charge in [0.2, 0.25) is 0 Å². The van der Waals surface area contributed by atoms with Gasteiger partial charge < -0.3 is 4.90 Å². The summed E-state index contributed by atoms with van der Waals surface area (Å²) in [5.74, 6) is 0.197. The number of hydrogen-bond donors (Lipinski definition) is 0. The summed E-state index contributed by atoms with van der Waals surface area (Å²) in [6, 6.07) is 18.8. The van der Waals surface area contributed by atoms with Gasteiger partial charge in [-0.3, -0.25) is 4.79 Å². The summed E-state index contributed by atoms with van der Waals surface area (Å²) >= 11 is 0. The van der Waals surface area contributed by atoms with Crippen molar-refractivity contribution in [1.29, 1.82) is 0 Å². The Morgan fingerprint density at radius 1 is 1.00 bits per heavy atom. The standard InChI is InChI=1S/C20H19NO/c1-14(15-8-3-2-4-9-15)19-16-10-5-6-11-17(16)20(22)21-13-7-12-18(19)21/h2-6,8-11,18H,7,12-13H2,1H3/b19-14-. The van der Waals surface area contributed by atoms with Crippen molar-refractivity contribution in [2.45, 2.75) is 25.8 Å². The van der Waals surface area contributed by atoms with Gasteiger partial charge in [-0.2, -0.15) is 0 Å². The van der Waals surface area contributed by atoms with Crippen LogP contribution in [-0.2, 0) is 0 Å².